The second kappa shape index (κ2) is 9.06. The zero-order chi connectivity index (χ0) is 18.2. The van der Waals surface area contributed by atoms with Gasteiger partial charge in [-0.2, -0.15) is 0 Å². The first kappa shape index (κ1) is 18.8. The van der Waals surface area contributed by atoms with Gasteiger partial charge in [0.15, 0.2) is 0 Å². The van der Waals surface area contributed by atoms with Gasteiger partial charge in [-0.05, 0) is 56.2 Å². The maximum absolute atomic E-state index is 12.1. The number of nitrogens with zero attached hydrogens (tertiary/aromatic N) is 2. The number of hydrogen-bond donors (Lipinski definition) is 2. The quantitative estimate of drug-likeness (QED) is 0.761. The van der Waals surface area contributed by atoms with Crippen LogP contribution in [0.25, 0.3) is 0 Å². The summed E-state index contributed by atoms with van der Waals surface area (Å²) in [6.07, 6.45) is 1.65. The number of pyridine rings is 1. The summed E-state index contributed by atoms with van der Waals surface area (Å²) < 4.78 is 0. The van der Waals surface area contributed by atoms with E-state index in [-0.39, 0.29) is 5.91 Å². The van der Waals surface area contributed by atoms with Gasteiger partial charge in [0, 0.05) is 42.9 Å². The highest BCUT2D eigenvalue weighted by molar-refractivity contribution is 5.93. The molecule has 2 N–H and O–H groups in total. The van der Waals surface area contributed by atoms with Crippen LogP contribution < -0.4 is 15.5 Å². The SMILES string of the molecule is CCN(CC)c1ccc(Nc2ccnc(C(=O)NCC(C)C)c2)cc1. The lowest BCUT2D eigenvalue weighted by molar-refractivity contribution is 0.0944. The standard InChI is InChI=1S/C20H28N4O/c1-5-24(6-2)18-9-7-16(8-10-18)23-17-11-12-21-19(13-17)20(25)22-14-15(3)4/h7-13,15H,5-6,14H2,1-4H3,(H,21,23)(H,22,25). The summed E-state index contributed by atoms with van der Waals surface area (Å²) in [7, 11) is 0. The minimum Gasteiger partial charge on any atom is -0.372 e. The second-order valence-corrected chi connectivity index (χ2v) is 6.38. The van der Waals surface area contributed by atoms with E-state index < -0.39 is 0 Å². The Bertz CT molecular complexity index is 678. The maximum Gasteiger partial charge on any atom is 0.269 e. The number of anilines is 3. The van der Waals surface area contributed by atoms with Crippen molar-refractivity contribution in [1.82, 2.24) is 10.3 Å². The van der Waals surface area contributed by atoms with E-state index in [4.69, 9.17) is 0 Å². The molecule has 2 rings (SSSR count). The number of nitrogens with one attached hydrogen (secondary N) is 2. The highest BCUT2D eigenvalue weighted by atomic mass is 16.1. The van der Waals surface area contributed by atoms with E-state index in [9.17, 15) is 4.79 Å². The summed E-state index contributed by atoms with van der Waals surface area (Å²) in [5.41, 5.74) is 3.46. The zero-order valence-electron chi connectivity index (χ0n) is 15.5. The van der Waals surface area contributed by atoms with Gasteiger partial charge < -0.3 is 15.5 Å². The molecule has 0 unspecified atom stereocenters. The fourth-order valence-corrected chi connectivity index (χ4v) is 2.53. The maximum atomic E-state index is 12.1. The van der Waals surface area contributed by atoms with E-state index in [1.54, 1.807) is 12.3 Å². The summed E-state index contributed by atoms with van der Waals surface area (Å²) >= 11 is 0. The smallest absolute Gasteiger partial charge is 0.269 e. The summed E-state index contributed by atoms with van der Waals surface area (Å²) in [6.45, 7) is 11.0. The van der Waals surface area contributed by atoms with Crippen LogP contribution in [-0.4, -0.2) is 30.5 Å². The third-order valence-corrected chi connectivity index (χ3v) is 3.95. The van der Waals surface area contributed by atoms with Gasteiger partial charge in [-0.1, -0.05) is 13.8 Å². The molecule has 0 fully saturated rings. The number of aromatic nitrogens is 1. The molecule has 1 aromatic heterocycles. The molecule has 134 valence electrons. The summed E-state index contributed by atoms with van der Waals surface area (Å²) in [6, 6.07) is 11.9. The fourth-order valence-electron chi connectivity index (χ4n) is 2.53. The summed E-state index contributed by atoms with van der Waals surface area (Å²) in [4.78, 5) is 18.6. The van der Waals surface area contributed by atoms with Crippen molar-refractivity contribution in [1.29, 1.82) is 0 Å². The number of carbonyl (C=O) groups excluding carboxylic acids is 1. The Balaban J connectivity index is 2.05. The first-order chi connectivity index (χ1) is 12.0. The minimum absolute atomic E-state index is 0.144. The molecule has 5 heteroatoms. The minimum atomic E-state index is -0.144. The lowest BCUT2D eigenvalue weighted by Gasteiger charge is -2.21. The molecule has 0 aliphatic rings. The summed E-state index contributed by atoms with van der Waals surface area (Å²) in [5.74, 6) is 0.267. The van der Waals surface area contributed by atoms with Crippen LogP contribution in [0, 0.1) is 5.92 Å². The third-order valence-electron chi connectivity index (χ3n) is 3.95. The van der Waals surface area contributed by atoms with Crippen LogP contribution in [0.2, 0.25) is 0 Å². The van der Waals surface area contributed by atoms with Crippen LogP contribution in [0.3, 0.4) is 0 Å². The molecule has 2 aromatic rings. The van der Waals surface area contributed by atoms with Gasteiger partial charge in [-0.25, -0.2) is 0 Å². The normalized spacial score (nSPS) is 10.6. The highest BCUT2D eigenvalue weighted by Crippen LogP contribution is 2.21. The Morgan fingerprint density at radius 1 is 1.08 bits per heavy atom. The first-order valence-corrected chi connectivity index (χ1v) is 8.89. The molecular weight excluding hydrogens is 312 g/mol. The predicted octanol–water partition coefficient (Wildman–Crippen LogP) is 4.06. The molecule has 0 radical (unpaired) electrons. The second-order valence-electron chi connectivity index (χ2n) is 6.38. The van der Waals surface area contributed by atoms with Gasteiger partial charge in [0.25, 0.3) is 5.91 Å². The van der Waals surface area contributed by atoms with Gasteiger partial charge in [0.2, 0.25) is 0 Å². The van der Waals surface area contributed by atoms with Crippen molar-refractivity contribution in [2.45, 2.75) is 27.7 Å². The van der Waals surface area contributed by atoms with Gasteiger partial charge in [0.05, 0.1) is 0 Å². The fraction of sp³-hybridized carbons (Fsp3) is 0.400. The molecule has 0 atom stereocenters. The highest BCUT2D eigenvalue weighted by Gasteiger charge is 2.08. The molecule has 0 saturated carbocycles. The molecule has 0 spiro atoms. The monoisotopic (exact) mass is 340 g/mol. The van der Waals surface area contributed by atoms with Gasteiger partial charge >= 0.3 is 0 Å². The Morgan fingerprint density at radius 3 is 2.36 bits per heavy atom. The number of benzene rings is 1. The van der Waals surface area contributed by atoms with Crippen molar-refractivity contribution < 1.29 is 4.79 Å². The Hall–Kier alpha value is -2.56. The Morgan fingerprint density at radius 2 is 1.76 bits per heavy atom. The van der Waals surface area contributed by atoms with Gasteiger partial charge in [-0.3, -0.25) is 9.78 Å². The van der Waals surface area contributed by atoms with Crippen molar-refractivity contribution in [2.24, 2.45) is 5.92 Å². The molecule has 1 heterocycles. The van der Waals surface area contributed by atoms with Crippen LogP contribution in [0.1, 0.15) is 38.2 Å². The lowest BCUT2D eigenvalue weighted by Crippen LogP contribution is -2.28. The van der Waals surface area contributed by atoms with Crippen LogP contribution in [0.4, 0.5) is 17.1 Å². The van der Waals surface area contributed by atoms with Crippen molar-refractivity contribution >= 4 is 23.0 Å². The molecule has 1 amide bonds. The van der Waals surface area contributed by atoms with Crippen LogP contribution >= 0.6 is 0 Å². The van der Waals surface area contributed by atoms with E-state index in [0.717, 1.165) is 24.5 Å². The van der Waals surface area contributed by atoms with E-state index in [1.807, 2.05) is 18.2 Å². The molecule has 5 nitrogen and oxygen atoms in total. The average molecular weight is 340 g/mol. The number of amides is 1. The van der Waals surface area contributed by atoms with E-state index in [1.165, 1.54) is 5.69 Å². The average Bonchev–Trinajstić information content (AvgIpc) is 2.62. The van der Waals surface area contributed by atoms with Crippen LogP contribution in [-0.2, 0) is 0 Å². The van der Waals surface area contributed by atoms with E-state index >= 15 is 0 Å². The summed E-state index contributed by atoms with van der Waals surface area (Å²) in [5, 5.41) is 6.22. The van der Waals surface area contributed by atoms with E-state index in [0.29, 0.717) is 18.2 Å². The topological polar surface area (TPSA) is 57.3 Å². The number of carbonyl (C=O) groups is 1. The largest absolute Gasteiger partial charge is 0.372 e. The van der Waals surface area contributed by atoms with Crippen molar-refractivity contribution in [3.8, 4) is 0 Å². The molecule has 0 aliphatic heterocycles. The molecule has 0 aliphatic carbocycles. The van der Waals surface area contributed by atoms with Crippen molar-refractivity contribution in [3.63, 3.8) is 0 Å². The predicted molar refractivity (Wildman–Crippen MR) is 105 cm³/mol. The van der Waals surface area contributed by atoms with Crippen molar-refractivity contribution in [2.75, 3.05) is 29.9 Å². The lowest BCUT2D eigenvalue weighted by atomic mass is 10.2. The molecular formula is C20H28N4O. The third kappa shape index (κ3) is 5.48. The molecule has 0 saturated heterocycles. The van der Waals surface area contributed by atoms with Crippen molar-refractivity contribution in [3.05, 3.63) is 48.3 Å². The Labute approximate surface area is 150 Å². The van der Waals surface area contributed by atoms with Crippen LogP contribution in [0.5, 0.6) is 0 Å². The molecule has 1 aromatic carbocycles. The molecule has 0 bridgehead atoms. The zero-order valence-corrected chi connectivity index (χ0v) is 15.5. The number of rotatable bonds is 8. The first-order valence-electron chi connectivity index (χ1n) is 8.89. The van der Waals surface area contributed by atoms with E-state index in [2.05, 4.69) is 60.3 Å². The molecule has 25 heavy (non-hydrogen) atoms. The van der Waals surface area contributed by atoms with Gasteiger partial charge in [-0.15, -0.1) is 0 Å². The Kier molecular flexibility index (Phi) is 6.81. The van der Waals surface area contributed by atoms with Gasteiger partial charge in [0.1, 0.15) is 5.69 Å². The van der Waals surface area contributed by atoms with Crippen LogP contribution in [0.15, 0.2) is 42.6 Å². The number of hydrogen-bond acceptors (Lipinski definition) is 4.